The number of carbonyl (C=O) groups is 1. The van der Waals surface area contributed by atoms with Crippen LogP contribution in [0, 0.1) is 5.92 Å². The predicted molar refractivity (Wildman–Crippen MR) is 103 cm³/mol. The number of urea groups is 1. The number of nitrogens with zero attached hydrogens (tertiary/aromatic N) is 5. The van der Waals surface area contributed by atoms with E-state index in [2.05, 4.69) is 25.1 Å². The van der Waals surface area contributed by atoms with Crippen molar-refractivity contribution in [3.63, 3.8) is 0 Å². The highest BCUT2D eigenvalue weighted by Gasteiger charge is 2.24. The number of rotatable bonds is 5. The zero-order valence-electron chi connectivity index (χ0n) is 16.1. The summed E-state index contributed by atoms with van der Waals surface area (Å²) < 4.78 is 0. The second kappa shape index (κ2) is 9.16. The lowest BCUT2D eigenvalue weighted by Gasteiger charge is -2.36. The van der Waals surface area contributed by atoms with E-state index >= 15 is 0 Å². The van der Waals surface area contributed by atoms with Gasteiger partial charge in [0, 0.05) is 58.7 Å². The van der Waals surface area contributed by atoms with Crippen LogP contribution >= 0.6 is 0 Å². The quantitative estimate of drug-likeness (QED) is 0.868. The highest BCUT2D eigenvalue weighted by atomic mass is 16.2. The van der Waals surface area contributed by atoms with Crippen LogP contribution in [0.25, 0.3) is 0 Å². The molecule has 144 valence electrons. The Morgan fingerprint density at radius 1 is 1.12 bits per heavy atom. The van der Waals surface area contributed by atoms with E-state index < -0.39 is 0 Å². The van der Waals surface area contributed by atoms with Crippen molar-refractivity contribution in [2.45, 2.75) is 38.1 Å². The summed E-state index contributed by atoms with van der Waals surface area (Å²) in [7, 11) is 3.59. The lowest BCUT2D eigenvalue weighted by atomic mass is 9.84. The largest absolute Gasteiger partial charge is 0.338 e. The fraction of sp³-hybridized carbons (Fsp3) is 0.737. The summed E-state index contributed by atoms with van der Waals surface area (Å²) in [6.45, 7) is 5.38. The molecule has 1 aromatic heterocycles. The van der Waals surface area contributed by atoms with Gasteiger partial charge in [0.25, 0.3) is 0 Å². The molecule has 7 heteroatoms. The maximum Gasteiger partial charge on any atom is 0.317 e. The van der Waals surface area contributed by atoms with Crippen molar-refractivity contribution in [3.8, 4) is 0 Å². The van der Waals surface area contributed by atoms with E-state index in [-0.39, 0.29) is 6.03 Å². The SMILES string of the molecule is CN(C)C(=O)N[C@H]1CC[C@H](CCN2CCN(c3ncccn3)CC2)CC1. The van der Waals surface area contributed by atoms with Crippen molar-refractivity contribution in [2.75, 3.05) is 51.7 Å². The summed E-state index contributed by atoms with van der Waals surface area (Å²) in [6, 6.07) is 2.25. The normalized spacial score (nSPS) is 24.3. The minimum absolute atomic E-state index is 0.0358. The molecule has 0 atom stereocenters. The zero-order valence-corrected chi connectivity index (χ0v) is 16.1. The van der Waals surface area contributed by atoms with E-state index in [1.807, 2.05) is 18.5 Å². The molecule has 2 heterocycles. The van der Waals surface area contributed by atoms with Gasteiger partial charge in [0.1, 0.15) is 0 Å². The fourth-order valence-electron chi connectivity index (χ4n) is 3.89. The van der Waals surface area contributed by atoms with E-state index in [0.717, 1.165) is 50.9 Å². The molecule has 1 saturated heterocycles. The van der Waals surface area contributed by atoms with Crippen LogP contribution < -0.4 is 10.2 Å². The van der Waals surface area contributed by atoms with Crippen molar-refractivity contribution >= 4 is 12.0 Å². The average molecular weight is 361 g/mol. The fourth-order valence-corrected chi connectivity index (χ4v) is 3.89. The van der Waals surface area contributed by atoms with Crippen LogP contribution in [-0.4, -0.2) is 78.7 Å². The number of carbonyl (C=O) groups excluding carboxylic acids is 1. The Bertz CT molecular complexity index is 550. The molecule has 1 N–H and O–H groups in total. The van der Waals surface area contributed by atoms with E-state index in [9.17, 15) is 4.79 Å². The Kier molecular flexibility index (Phi) is 6.66. The summed E-state index contributed by atoms with van der Waals surface area (Å²) in [5.74, 6) is 1.66. The van der Waals surface area contributed by atoms with Crippen molar-refractivity contribution in [1.82, 2.24) is 25.1 Å². The van der Waals surface area contributed by atoms with Gasteiger partial charge in [-0.2, -0.15) is 0 Å². The summed E-state index contributed by atoms with van der Waals surface area (Å²) >= 11 is 0. The number of aromatic nitrogens is 2. The number of nitrogens with one attached hydrogen (secondary N) is 1. The molecule has 26 heavy (non-hydrogen) atoms. The Morgan fingerprint density at radius 2 is 1.77 bits per heavy atom. The maximum atomic E-state index is 11.7. The first-order valence-corrected chi connectivity index (χ1v) is 9.84. The van der Waals surface area contributed by atoms with Crippen molar-refractivity contribution in [3.05, 3.63) is 18.5 Å². The Balaban J connectivity index is 1.32. The standard InChI is InChI=1S/C19H32N6O/c1-23(2)19(26)22-17-6-4-16(5-7-17)8-11-24-12-14-25(15-13-24)18-20-9-3-10-21-18/h3,9-10,16-17H,4-8,11-15H2,1-2H3,(H,22,26)/t16-,17-. The summed E-state index contributed by atoms with van der Waals surface area (Å²) in [6.07, 6.45) is 9.59. The van der Waals surface area contributed by atoms with E-state index in [0.29, 0.717) is 6.04 Å². The molecule has 1 aliphatic carbocycles. The van der Waals surface area contributed by atoms with Gasteiger partial charge < -0.3 is 15.1 Å². The van der Waals surface area contributed by atoms with Crippen LogP contribution in [0.15, 0.2) is 18.5 Å². The van der Waals surface area contributed by atoms with Gasteiger partial charge in [-0.3, -0.25) is 4.90 Å². The number of amides is 2. The zero-order chi connectivity index (χ0) is 18.4. The third-order valence-corrected chi connectivity index (χ3v) is 5.64. The first-order valence-electron chi connectivity index (χ1n) is 9.84. The molecule has 1 saturated carbocycles. The number of piperazine rings is 1. The second-order valence-corrected chi connectivity index (χ2v) is 7.73. The third kappa shape index (κ3) is 5.30. The van der Waals surface area contributed by atoms with E-state index in [1.54, 1.807) is 19.0 Å². The van der Waals surface area contributed by atoms with Gasteiger partial charge in [-0.05, 0) is 50.6 Å². The molecule has 3 rings (SSSR count). The van der Waals surface area contributed by atoms with E-state index in [4.69, 9.17) is 0 Å². The first-order chi connectivity index (χ1) is 12.6. The van der Waals surface area contributed by atoms with Crippen LogP contribution in [0.1, 0.15) is 32.1 Å². The van der Waals surface area contributed by atoms with Gasteiger partial charge >= 0.3 is 6.03 Å². The second-order valence-electron chi connectivity index (χ2n) is 7.73. The first kappa shape index (κ1) is 18.9. The van der Waals surface area contributed by atoms with Gasteiger partial charge in [0.05, 0.1) is 0 Å². The lowest BCUT2D eigenvalue weighted by molar-refractivity contribution is 0.194. The molecule has 2 amide bonds. The molecular formula is C19H32N6O. The lowest BCUT2D eigenvalue weighted by Crippen LogP contribution is -2.47. The summed E-state index contributed by atoms with van der Waals surface area (Å²) in [5, 5.41) is 3.12. The molecule has 2 fully saturated rings. The van der Waals surface area contributed by atoms with Gasteiger partial charge in [-0.15, -0.1) is 0 Å². The minimum Gasteiger partial charge on any atom is -0.338 e. The molecule has 1 aliphatic heterocycles. The maximum absolute atomic E-state index is 11.7. The number of hydrogen-bond donors (Lipinski definition) is 1. The van der Waals surface area contributed by atoms with Crippen LogP contribution in [0.2, 0.25) is 0 Å². The van der Waals surface area contributed by atoms with Crippen LogP contribution in [0.5, 0.6) is 0 Å². The van der Waals surface area contributed by atoms with Gasteiger partial charge in [0.15, 0.2) is 0 Å². The highest BCUT2D eigenvalue weighted by molar-refractivity contribution is 5.73. The highest BCUT2D eigenvalue weighted by Crippen LogP contribution is 2.27. The molecule has 0 spiro atoms. The average Bonchev–Trinajstić information content (AvgIpc) is 2.68. The van der Waals surface area contributed by atoms with Gasteiger partial charge in [0.2, 0.25) is 5.95 Å². The monoisotopic (exact) mass is 360 g/mol. The summed E-state index contributed by atoms with van der Waals surface area (Å²) in [5.41, 5.74) is 0. The predicted octanol–water partition coefficient (Wildman–Crippen LogP) is 1.82. The smallest absolute Gasteiger partial charge is 0.317 e. The van der Waals surface area contributed by atoms with Crippen LogP contribution in [0.3, 0.4) is 0 Å². The third-order valence-electron chi connectivity index (χ3n) is 5.64. The Labute approximate surface area is 156 Å². The van der Waals surface area contributed by atoms with E-state index in [1.165, 1.54) is 25.8 Å². The Hall–Kier alpha value is -1.89. The molecule has 0 unspecified atom stereocenters. The molecule has 2 aliphatic rings. The minimum atomic E-state index is 0.0358. The van der Waals surface area contributed by atoms with Crippen molar-refractivity contribution < 1.29 is 4.79 Å². The summed E-state index contributed by atoms with van der Waals surface area (Å²) in [4.78, 5) is 26.9. The molecule has 1 aromatic rings. The molecule has 0 aromatic carbocycles. The van der Waals surface area contributed by atoms with Gasteiger partial charge in [-0.1, -0.05) is 0 Å². The van der Waals surface area contributed by atoms with Crippen LogP contribution in [0.4, 0.5) is 10.7 Å². The van der Waals surface area contributed by atoms with Crippen molar-refractivity contribution in [1.29, 1.82) is 0 Å². The topological polar surface area (TPSA) is 64.6 Å². The number of hydrogen-bond acceptors (Lipinski definition) is 5. The molecule has 0 radical (unpaired) electrons. The van der Waals surface area contributed by atoms with Crippen molar-refractivity contribution in [2.24, 2.45) is 5.92 Å². The molecule has 7 nitrogen and oxygen atoms in total. The number of anilines is 1. The molecule has 0 bridgehead atoms. The van der Waals surface area contributed by atoms with Gasteiger partial charge in [-0.25, -0.2) is 14.8 Å². The Morgan fingerprint density at radius 3 is 2.38 bits per heavy atom. The van der Waals surface area contributed by atoms with Crippen LogP contribution in [-0.2, 0) is 0 Å². The molecular weight excluding hydrogens is 328 g/mol.